The van der Waals surface area contributed by atoms with E-state index < -0.39 is 22.7 Å². The molecule has 0 amide bonds. The predicted octanol–water partition coefficient (Wildman–Crippen LogP) is 3.69. The second-order valence-corrected chi connectivity index (χ2v) is 4.22. The third kappa shape index (κ3) is 2.40. The molecule has 0 bridgehead atoms. The van der Waals surface area contributed by atoms with Gasteiger partial charge in [-0.1, -0.05) is 0 Å². The fourth-order valence-electron chi connectivity index (χ4n) is 1.35. The Balaban J connectivity index is 2.45. The molecule has 0 fully saturated rings. The van der Waals surface area contributed by atoms with Gasteiger partial charge >= 0.3 is 6.18 Å². The first-order chi connectivity index (χ1) is 8.39. The molecule has 1 aromatic heterocycles. The molecule has 0 atom stereocenters. The van der Waals surface area contributed by atoms with Crippen LogP contribution in [0, 0.1) is 5.82 Å². The van der Waals surface area contributed by atoms with Crippen molar-refractivity contribution in [3.05, 3.63) is 40.5 Å². The number of thiazole rings is 1. The van der Waals surface area contributed by atoms with Gasteiger partial charge in [0.25, 0.3) is 5.78 Å². The van der Waals surface area contributed by atoms with Gasteiger partial charge in [-0.15, -0.1) is 11.3 Å². The maximum atomic E-state index is 12.7. The smallest absolute Gasteiger partial charge is 0.283 e. The van der Waals surface area contributed by atoms with Crippen LogP contribution in [0.25, 0.3) is 11.3 Å². The Kier molecular flexibility index (Phi) is 3.16. The summed E-state index contributed by atoms with van der Waals surface area (Å²) in [6, 6.07) is 4.74. The van der Waals surface area contributed by atoms with E-state index in [1.165, 1.54) is 12.1 Å². The predicted molar refractivity (Wildman–Crippen MR) is 57.9 cm³/mol. The minimum absolute atomic E-state index is 0.0812. The molecule has 0 aliphatic heterocycles. The minimum atomic E-state index is -4.94. The summed E-state index contributed by atoms with van der Waals surface area (Å²) in [7, 11) is 0. The number of hydrogen-bond acceptors (Lipinski definition) is 3. The van der Waals surface area contributed by atoms with E-state index in [4.69, 9.17) is 0 Å². The lowest BCUT2D eigenvalue weighted by Gasteiger charge is -2.05. The number of rotatable bonds is 2. The van der Waals surface area contributed by atoms with Crippen molar-refractivity contribution in [3.63, 3.8) is 0 Å². The van der Waals surface area contributed by atoms with Crippen molar-refractivity contribution in [3.8, 4) is 11.3 Å². The highest BCUT2D eigenvalue weighted by Crippen LogP contribution is 2.31. The summed E-state index contributed by atoms with van der Waals surface area (Å²) in [6.45, 7) is 0. The molecule has 0 aliphatic rings. The minimum Gasteiger partial charge on any atom is -0.283 e. The molecule has 0 unspecified atom stereocenters. The Hall–Kier alpha value is -1.76. The van der Waals surface area contributed by atoms with E-state index >= 15 is 0 Å². The van der Waals surface area contributed by atoms with Crippen LogP contribution in [0.5, 0.6) is 0 Å². The fourth-order valence-corrected chi connectivity index (χ4v) is 2.12. The van der Waals surface area contributed by atoms with Gasteiger partial charge in [-0.2, -0.15) is 13.2 Å². The van der Waals surface area contributed by atoms with Gasteiger partial charge in [0, 0.05) is 5.56 Å². The van der Waals surface area contributed by atoms with Crippen LogP contribution >= 0.6 is 11.3 Å². The molecule has 2 rings (SSSR count). The first-order valence-electron chi connectivity index (χ1n) is 4.70. The number of carbonyl (C=O) groups is 1. The average molecular weight is 275 g/mol. The quantitative estimate of drug-likeness (QED) is 0.618. The molecule has 0 saturated heterocycles. The Morgan fingerprint density at radius 1 is 1.17 bits per heavy atom. The van der Waals surface area contributed by atoms with Crippen LogP contribution in [0.3, 0.4) is 0 Å². The lowest BCUT2D eigenvalue weighted by Crippen LogP contribution is -2.22. The summed E-state index contributed by atoms with van der Waals surface area (Å²) in [5.41, 5.74) is 1.34. The highest BCUT2D eigenvalue weighted by Gasteiger charge is 2.41. The fraction of sp³-hybridized carbons (Fsp3) is 0.0909. The Bertz CT molecular complexity index is 573. The zero-order chi connectivity index (χ0) is 13.3. The molecule has 2 aromatic rings. The largest absolute Gasteiger partial charge is 0.455 e. The normalized spacial score (nSPS) is 11.6. The van der Waals surface area contributed by atoms with Crippen LogP contribution in [0.1, 0.15) is 9.67 Å². The molecule has 94 valence electrons. The molecule has 18 heavy (non-hydrogen) atoms. The van der Waals surface area contributed by atoms with Crippen LogP contribution in [0.15, 0.2) is 29.8 Å². The van der Waals surface area contributed by atoms with Crippen molar-refractivity contribution < 1.29 is 22.4 Å². The molecule has 7 heteroatoms. The molecule has 1 aromatic carbocycles. The lowest BCUT2D eigenvalue weighted by atomic mass is 10.1. The summed E-state index contributed by atoms with van der Waals surface area (Å²) in [5, 5.41) is 0. The van der Waals surface area contributed by atoms with Gasteiger partial charge in [-0.3, -0.25) is 4.79 Å². The number of Topliss-reactive ketones (excluding diaryl/α,β-unsaturated/α-hetero) is 1. The molecule has 0 spiro atoms. The standard InChI is InChI=1S/C11H5F4NOS/c12-7-3-1-6(2-4-7)8-9(18-5-16-8)10(17)11(13,14)15/h1-5H. The third-order valence-electron chi connectivity index (χ3n) is 2.15. The van der Waals surface area contributed by atoms with Crippen molar-refractivity contribution in [2.75, 3.05) is 0 Å². The molecule has 0 N–H and O–H groups in total. The lowest BCUT2D eigenvalue weighted by molar-refractivity contribution is -0.0882. The zero-order valence-electron chi connectivity index (χ0n) is 8.66. The van der Waals surface area contributed by atoms with Gasteiger partial charge in [0.2, 0.25) is 0 Å². The monoisotopic (exact) mass is 275 g/mol. The maximum absolute atomic E-state index is 12.7. The number of aromatic nitrogens is 1. The highest BCUT2D eigenvalue weighted by molar-refractivity contribution is 7.12. The van der Waals surface area contributed by atoms with Gasteiger partial charge in [0.1, 0.15) is 10.7 Å². The Morgan fingerprint density at radius 3 is 2.33 bits per heavy atom. The number of carbonyl (C=O) groups excluding carboxylic acids is 1. The SMILES string of the molecule is O=C(c1scnc1-c1ccc(F)cc1)C(F)(F)F. The third-order valence-corrected chi connectivity index (χ3v) is 2.97. The summed E-state index contributed by atoms with van der Waals surface area (Å²) in [6.07, 6.45) is -4.94. The summed E-state index contributed by atoms with van der Waals surface area (Å²) < 4.78 is 49.7. The Morgan fingerprint density at radius 2 is 1.78 bits per heavy atom. The van der Waals surface area contributed by atoms with Crippen LogP contribution in [-0.2, 0) is 0 Å². The number of nitrogens with zero attached hydrogens (tertiary/aromatic N) is 1. The second-order valence-electron chi connectivity index (χ2n) is 3.36. The maximum Gasteiger partial charge on any atom is 0.455 e. The van der Waals surface area contributed by atoms with Gasteiger partial charge < -0.3 is 0 Å². The van der Waals surface area contributed by atoms with Gasteiger partial charge in [-0.25, -0.2) is 9.37 Å². The summed E-state index contributed by atoms with van der Waals surface area (Å²) in [4.78, 5) is 14.4. The summed E-state index contributed by atoms with van der Waals surface area (Å²) in [5.74, 6) is -2.46. The van der Waals surface area contributed by atoms with E-state index in [1.54, 1.807) is 0 Å². The van der Waals surface area contributed by atoms with Gasteiger partial charge in [0.05, 0.1) is 11.2 Å². The zero-order valence-corrected chi connectivity index (χ0v) is 9.48. The van der Waals surface area contributed by atoms with Crippen LogP contribution < -0.4 is 0 Å². The van der Waals surface area contributed by atoms with Crippen LogP contribution in [0.2, 0.25) is 0 Å². The number of ketones is 1. The molecule has 0 radical (unpaired) electrons. The van der Waals surface area contributed by atoms with Crippen molar-refractivity contribution in [2.24, 2.45) is 0 Å². The van der Waals surface area contributed by atoms with Gasteiger partial charge in [0.15, 0.2) is 0 Å². The van der Waals surface area contributed by atoms with E-state index in [9.17, 15) is 22.4 Å². The molecule has 0 aliphatic carbocycles. The summed E-state index contributed by atoms with van der Waals surface area (Å²) >= 11 is 0.609. The molecule has 0 saturated carbocycles. The number of alkyl halides is 3. The molecular weight excluding hydrogens is 270 g/mol. The Labute approximate surface area is 103 Å². The first kappa shape index (κ1) is 12.7. The van der Waals surface area contributed by atoms with E-state index in [2.05, 4.69) is 4.98 Å². The van der Waals surface area contributed by atoms with Crippen molar-refractivity contribution in [2.45, 2.75) is 6.18 Å². The molecule has 1 heterocycles. The second kappa shape index (κ2) is 4.49. The van der Waals surface area contributed by atoms with Crippen molar-refractivity contribution in [1.29, 1.82) is 0 Å². The van der Waals surface area contributed by atoms with E-state index in [-0.39, 0.29) is 11.3 Å². The molecule has 2 nitrogen and oxygen atoms in total. The van der Waals surface area contributed by atoms with Crippen LogP contribution in [-0.4, -0.2) is 16.9 Å². The van der Waals surface area contributed by atoms with Crippen LogP contribution in [0.4, 0.5) is 17.6 Å². The first-order valence-corrected chi connectivity index (χ1v) is 5.58. The topological polar surface area (TPSA) is 30.0 Å². The number of halogens is 4. The number of benzene rings is 1. The average Bonchev–Trinajstić information content (AvgIpc) is 2.76. The van der Waals surface area contributed by atoms with E-state index in [0.717, 1.165) is 17.6 Å². The van der Waals surface area contributed by atoms with Crippen molar-refractivity contribution >= 4 is 17.1 Å². The van der Waals surface area contributed by atoms with Crippen molar-refractivity contribution in [1.82, 2.24) is 4.98 Å². The van der Waals surface area contributed by atoms with E-state index in [0.29, 0.717) is 11.3 Å². The van der Waals surface area contributed by atoms with E-state index in [1.807, 2.05) is 0 Å². The van der Waals surface area contributed by atoms with Gasteiger partial charge in [-0.05, 0) is 24.3 Å². The number of hydrogen-bond donors (Lipinski definition) is 0. The highest BCUT2D eigenvalue weighted by atomic mass is 32.1. The molecular formula is C11H5F4NOS.